The lowest BCUT2D eigenvalue weighted by atomic mass is 10.1. The van der Waals surface area contributed by atoms with Crippen LogP contribution in [-0.2, 0) is 11.2 Å². The van der Waals surface area contributed by atoms with Gasteiger partial charge in [0.15, 0.2) is 0 Å². The molecule has 0 saturated carbocycles. The Kier molecular flexibility index (Phi) is 8.14. The lowest BCUT2D eigenvalue weighted by Gasteiger charge is -2.32. The van der Waals surface area contributed by atoms with E-state index in [0.717, 1.165) is 39.8 Å². The quantitative estimate of drug-likeness (QED) is 0.327. The summed E-state index contributed by atoms with van der Waals surface area (Å²) in [5.74, 6) is 1.21. The smallest absolute Gasteiger partial charge is 0.261 e. The number of carbonyl (C=O) groups is 2. The minimum absolute atomic E-state index is 0.0805. The Morgan fingerprint density at radius 3 is 2.79 bits per heavy atom. The van der Waals surface area contributed by atoms with Gasteiger partial charge in [-0.1, -0.05) is 18.2 Å². The molecular formula is C29H30N6O3S. The summed E-state index contributed by atoms with van der Waals surface area (Å²) in [6, 6.07) is 21.0. The normalized spacial score (nSPS) is 13.8. The highest BCUT2D eigenvalue weighted by Crippen LogP contribution is 2.28. The molecule has 0 spiro atoms. The summed E-state index contributed by atoms with van der Waals surface area (Å²) in [6.45, 7) is 2.42. The van der Waals surface area contributed by atoms with Crippen LogP contribution >= 0.6 is 11.3 Å². The van der Waals surface area contributed by atoms with Crippen LogP contribution in [0.2, 0.25) is 0 Å². The van der Waals surface area contributed by atoms with Gasteiger partial charge in [0.1, 0.15) is 5.75 Å². The highest BCUT2D eigenvalue weighted by Gasteiger charge is 2.23. The Hall–Kier alpha value is -4.28. The molecule has 0 unspecified atom stereocenters. The van der Waals surface area contributed by atoms with Crippen molar-refractivity contribution in [1.29, 1.82) is 0 Å². The number of hydrogen-bond acceptors (Lipinski definition) is 8. The van der Waals surface area contributed by atoms with E-state index in [2.05, 4.69) is 20.6 Å². The molecule has 1 fully saturated rings. The number of nitrogens with one attached hydrogen (secondary N) is 2. The van der Waals surface area contributed by atoms with Gasteiger partial charge < -0.3 is 20.3 Å². The second-order valence-corrected chi connectivity index (χ2v) is 10.3. The number of likely N-dealkylation sites (N-methyl/N-ethyl adjacent to an activating group) is 1. The van der Waals surface area contributed by atoms with Crippen LogP contribution in [0.25, 0.3) is 10.6 Å². The number of thiophene rings is 1. The van der Waals surface area contributed by atoms with Crippen molar-refractivity contribution in [3.8, 4) is 16.3 Å². The van der Waals surface area contributed by atoms with Gasteiger partial charge in [-0.15, -0.1) is 11.3 Å². The first-order valence-corrected chi connectivity index (χ1v) is 13.5. The molecule has 0 aliphatic carbocycles. The maximum absolute atomic E-state index is 12.7. The largest absolute Gasteiger partial charge is 0.497 e. The first-order valence-electron chi connectivity index (χ1n) is 12.7. The van der Waals surface area contributed by atoms with Gasteiger partial charge in [-0.05, 0) is 67.6 Å². The highest BCUT2D eigenvalue weighted by molar-refractivity contribution is 7.17. The lowest BCUT2D eigenvalue weighted by Crippen LogP contribution is -2.48. The van der Waals surface area contributed by atoms with E-state index in [1.165, 1.54) is 11.3 Å². The van der Waals surface area contributed by atoms with E-state index in [1.54, 1.807) is 18.2 Å². The second kappa shape index (κ2) is 12.1. The average Bonchev–Trinajstić information content (AvgIpc) is 3.44. The van der Waals surface area contributed by atoms with E-state index in [1.807, 2.05) is 78.7 Å². The molecule has 0 bridgehead atoms. The van der Waals surface area contributed by atoms with Crippen molar-refractivity contribution in [2.45, 2.75) is 6.42 Å². The number of aromatic nitrogens is 2. The molecule has 2 amide bonds. The molecule has 2 aromatic carbocycles. The van der Waals surface area contributed by atoms with E-state index in [-0.39, 0.29) is 11.8 Å². The van der Waals surface area contributed by atoms with Crippen LogP contribution in [0.15, 0.2) is 72.9 Å². The van der Waals surface area contributed by atoms with Gasteiger partial charge in [0.25, 0.3) is 5.91 Å². The lowest BCUT2D eigenvalue weighted by molar-refractivity contribution is -0.120. The summed E-state index contributed by atoms with van der Waals surface area (Å²) in [5, 5.41) is 6.23. The van der Waals surface area contributed by atoms with Crippen LogP contribution in [0.4, 0.5) is 17.3 Å². The predicted octanol–water partition coefficient (Wildman–Crippen LogP) is 4.21. The number of nitrogens with zero attached hydrogens (tertiary/aromatic N) is 4. The second-order valence-electron chi connectivity index (χ2n) is 9.25. The van der Waals surface area contributed by atoms with Crippen molar-refractivity contribution in [2.24, 2.45) is 0 Å². The number of methoxy groups -OCH3 is 1. The number of ether oxygens (including phenoxy) is 1. The standard InChI is InChI=1S/C29H30N6O3S/c1-34-15-16-35(27(36)19-34)22-7-4-6-21(18-22)32-29-31-14-12-24(33-29)25-9-10-26(39-25)28(37)30-13-11-20-5-3-8-23(17-20)38-2/h3-10,12,14,17-18H,11,13,15-16,19H2,1-2H3,(H,30,37)(H,31,32,33). The van der Waals surface area contributed by atoms with Crippen LogP contribution in [0.1, 0.15) is 15.2 Å². The van der Waals surface area contributed by atoms with Crippen molar-refractivity contribution in [1.82, 2.24) is 20.2 Å². The third kappa shape index (κ3) is 6.60. The van der Waals surface area contributed by atoms with Crippen molar-refractivity contribution < 1.29 is 14.3 Å². The van der Waals surface area contributed by atoms with E-state index < -0.39 is 0 Å². The zero-order chi connectivity index (χ0) is 27.2. The fraction of sp³-hybridized carbons (Fsp3) is 0.241. The van der Waals surface area contributed by atoms with Gasteiger partial charge in [0.2, 0.25) is 11.9 Å². The average molecular weight is 543 g/mol. The maximum Gasteiger partial charge on any atom is 0.261 e. The number of amides is 2. The van der Waals surface area contributed by atoms with Crippen molar-refractivity contribution in [2.75, 3.05) is 50.6 Å². The van der Waals surface area contributed by atoms with Gasteiger partial charge in [0.05, 0.1) is 29.1 Å². The highest BCUT2D eigenvalue weighted by atomic mass is 32.1. The molecule has 10 heteroatoms. The summed E-state index contributed by atoms with van der Waals surface area (Å²) >= 11 is 1.38. The zero-order valence-electron chi connectivity index (χ0n) is 21.9. The number of benzene rings is 2. The topological polar surface area (TPSA) is 99.7 Å². The summed E-state index contributed by atoms with van der Waals surface area (Å²) < 4.78 is 5.26. The number of rotatable bonds is 9. The molecule has 9 nitrogen and oxygen atoms in total. The van der Waals surface area contributed by atoms with Gasteiger partial charge in [0, 0.05) is 37.2 Å². The van der Waals surface area contributed by atoms with Crippen LogP contribution in [-0.4, -0.2) is 67.0 Å². The Morgan fingerprint density at radius 2 is 1.95 bits per heavy atom. The SMILES string of the molecule is COc1cccc(CCNC(=O)c2ccc(-c3ccnc(Nc4cccc(N5CCN(C)CC5=O)c4)n3)s2)c1. The van der Waals surface area contributed by atoms with Crippen molar-refractivity contribution in [3.05, 3.63) is 83.4 Å². The van der Waals surface area contributed by atoms with E-state index >= 15 is 0 Å². The Labute approximate surface area is 231 Å². The van der Waals surface area contributed by atoms with E-state index in [0.29, 0.717) is 36.9 Å². The molecule has 5 rings (SSSR count). The molecule has 4 aromatic rings. The maximum atomic E-state index is 12.7. The molecule has 200 valence electrons. The van der Waals surface area contributed by atoms with Crippen LogP contribution in [0, 0.1) is 0 Å². The third-order valence-electron chi connectivity index (χ3n) is 6.40. The van der Waals surface area contributed by atoms with Gasteiger partial charge in [-0.2, -0.15) is 0 Å². The minimum Gasteiger partial charge on any atom is -0.497 e. The molecular weight excluding hydrogens is 512 g/mol. The molecule has 2 N–H and O–H groups in total. The van der Waals surface area contributed by atoms with Gasteiger partial charge in [-0.25, -0.2) is 9.97 Å². The summed E-state index contributed by atoms with van der Waals surface area (Å²) in [6.07, 6.45) is 2.40. The molecule has 1 saturated heterocycles. The summed E-state index contributed by atoms with van der Waals surface area (Å²) in [5.41, 5.74) is 3.45. The molecule has 3 heterocycles. The van der Waals surface area contributed by atoms with E-state index in [9.17, 15) is 9.59 Å². The van der Waals surface area contributed by atoms with E-state index in [4.69, 9.17) is 4.74 Å². The summed E-state index contributed by atoms with van der Waals surface area (Å²) in [7, 11) is 3.59. The number of piperazine rings is 1. The zero-order valence-corrected chi connectivity index (χ0v) is 22.7. The Bertz CT molecular complexity index is 1470. The molecule has 0 atom stereocenters. The Morgan fingerprint density at radius 1 is 1.08 bits per heavy atom. The van der Waals surface area contributed by atoms with Crippen LogP contribution in [0.3, 0.4) is 0 Å². The molecule has 39 heavy (non-hydrogen) atoms. The number of carbonyl (C=O) groups excluding carboxylic acids is 2. The minimum atomic E-state index is -0.114. The van der Waals surface area contributed by atoms with Crippen molar-refractivity contribution >= 4 is 40.5 Å². The van der Waals surface area contributed by atoms with Crippen molar-refractivity contribution in [3.63, 3.8) is 0 Å². The first kappa shape index (κ1) is 26.3. The predicted molar refractivity (Wildman–Crippen MR) is 154 cm³/mol. The fourth-order valence-corrected chi connectivity index (χ4v) is 5.23. The molecule has 1 aliphatic rings. The number of anilines is 3. The molecule has 1 aliphatic heterocycles. The third-order valence-corrected chi connectivity index (χ3v) is 7.50. The summed E-state index contributed by atoms with van der Waals surface area (Å²) in [4.78, 5) is 39.5. The first-order chi connectivity index (χ1) is 19.0. The van der Waals surface area contributed by atoms with Gasteiger partial charge in [-0.3, -0.25) is 14.5 Å². The Balaban J connectivity index is 1.21. The number of hydrogen-bond donors (Lipinski definition) is 2. The van der Waals surface area contributed by atoms with Crippen LogP contribution in [0.5, 0.6) is 5.75 Å². The van der Waals surface area contributed by atoms with Gasteiger partial charge >= 0.3 is 0 Å². The van der Waals surface area contributed by atoms with Crippen LogP contribution < -0.4 is 20.3 Å². The molecule has 0 radical (unpaired) electrons. The fourth-order valence-electron chi connectivity index (χ4n) is 4.33. The monoisotopic (exact) mass is 542 g/mol. The molecule has 2 aromatic heterocycles.